The Morgan fingerprint density at radius 1 is 0.577 bits per heavy atom. The monoisotopic (exact) mass is 351 g/mol. The van der Waals surface area contributed by atoms with Crippen molar-refractivity contribution < 1.29 is 0 Å². The molecule has 140 valence electrons. The van der Waals surface area contributed by atoms with Crippen LogP contribution < -0.4 is 5.32 Å². The molecule has 0 fully saturated rings. The maximum absolute atomic E-state index is 4.29. The van der Waals surface area contributed by atoms with Crippen LogP contribution in [0.25, 0.3) is 10.8 Å². The molecule has 0 aliphatic heterocycles. The van der Waals surface area contributed by atoms with Crippen LogP contribution in [0.5, 0.6) is 0 Å². The fraction of sp³-hybridized carbons (Fsp3) is 0.304. The SMILES string of the molecule is CC.CC.CC.CNc1ccc(N=Nc2ccc3ccccc3c2)cc1. The standard InChI is InChI=1S/C17H15N3.3C2H6/c1-18-15-8-10-16(11-9-15)19-20-17-7-6-13-4-2-3-5-14(13)12-17;3*1-2/h2-12,18H,1H3;3*1-2H3. The van der Waals surface area contributed by atoms with E-state index in [0.717, 1.165) is 17.1 Å². The Morgan fingerprint density at radius 3 is 1.65 bits per heavy atom. The van der Waals surface area contributed by atoms with Crippen LogP contribution in [-0.4, -0.2) is 7.05 Å². The lowest BCUT2D eigenvalue weighted by Crippen LogP contribution is -1.84. The molecule has 1 N–H and O–H groups in total. The van der Waals surface area contributed by atoms with Crippen molar-refractivity contribution in [3.8, 4) is 0 Å². The Hall–Kier alpha value is -2.68. The second kappa shape index (κ2) is 14.6. The van der Waals surface area contributed by atoms with Crippen molar-refractivity contribution in [2.45, 2.75) is 41.5 Å². The van der Waals surface area contributed by atoms with Gasteiger partial charge in [0.2, 0.25) is 0 Å². The summed E-state index contributed by atoms with van der Waals surface area (Å²) >= 11 is 0. The minimum Gasteiger partial charge on any atom is -0.388 e. The van der Waals surface area contributed by atoms with E-state index in [0.29, 0.717) is 0 Å². The molecule has 3 rings (SSSR count). The third-order valence-corrected chi connectivity index (χ3v) is 3.17. The number of hydrogen-bond donors (Lipinski definition) is 1. The Morgan fingerprint density at radius 2 is 1.08 bits per heavy atom. The number of hydrogen-bond acceptors (Lipinski definition) is 3. The highest BCUT2D eigenvalue weighted by Crippen LogP contribution is 2.23. The van der Waals surface area contributed by atoms with Crippen molar-refractivity contribution >= 4 is 27.8 Å². The quantitative estimate of drug-likeness (QED) is 0.473. The predicted molar refractivity (Wildman–Crippen MR) is 118 cm³/mol. The normalized spacial score (nSPS) is 9.19. The molecule has 3 heteroatoms. The van der Waals surface area contributed by atoms with E-state index >= 15 is 0 Å². The number of benzene rings is 3. The number of nitrogens with one attached hydrogen (secondary N) is 1. The molecule has 0 saturated heterocycles. The van der Waals surface area contributed by atoms with Gasteiger partial charge in [0.15, 0.2) is 0 Å². The molecule has 0 unspecified atom stereocenters. The third-order valence-electron chi connectivity index (χ3n) is 3.17. The largest absolute Gasteiger partial charge is 0.388 e. The molecule has 0 aliphatic rings. The van der Waals surface area contributed by atoms with Crippen molar-refractivity contribution in [2.75, 3.05) is 12.4 Å². The van der Waals surface area contributed by atoms with Gasteiger partial charge in [-0.1, -0.05) is 71.9 Å². The van der Waals surface area contributed by atoms with Gasteiger partial charge in [0.25, 0.3) is 0 Å². The van der Waals surface area contributed by atoms with Gasteiger partial charge in [-0.3, -0.25) is 0 Å². The Labute approximate surface area is 159 Å². The molecule has 3 aromatic carbocycles. The Balaban J connectivity index is 0.000000948. The molecule has 0 heterocycles. The van der Waals surface area contributed by atoms with E-state index in [9.17, 15) is 0 Å². The lowest BCUT2D eigenvalue weighted by atomic mass is 10.1. The zero-order valence-corrected chi connectivity index (χ0v) is 17.2. The number of azo groups is 1. The maximum Gasteiger partial charge on any atom is 0.0863 e. The summed E-state index contributed by atoms with van der Waals surface area (Å²) in [4.78, 5) is 0. The van der Waals surface area contributed by atoms with E-state index in [2.05, 4.69) is 33.7 Å². The summed E-state index contributed by atoms with van der Waals surface area (Å²) in [5.41, 5.74) is 2.77. The molecule has 0 radical (unpaired) electrons. The van der Waals surface area contributed by atoms with Crippen LogP contribution in [-0.2, 0) is 0 Å². The Bertz CT molecular complexity index is 747. The van der Waals surface area contributed by atoms with Crippen molar-refractivity contribution in [2.24, 2.45) is 10.2 Å². The van der Waals surface area contributed by atoms with Crippen molar-refractivity contribution in [3.63, 3.8) is 0 Å². The van der Waals surface area contributed by atoms with Gasteiger partial charge in [-0.25, -0.2) is 0 Å². The number of fused-ring (bicyclic) bond motifs is 1. The summed E-state index contributed by atoms with van der Waals surface area (Å²) in [7, 11) is 1.89. The molecular formula is C23H33N3. The minimum atomic E-state index is 0.845. The van der Waals surface area contributed by atoms with Gasteiger partial charge < -0.3 is 5.32 Å². The highest BCUT2D eigenvalue weighted by Gasteiger charge is 1.95. The molecule has 0 atom stereocenters. The second-order valence-corrected chi connectivity index (χ2v) is 4.53. The fourth-order valence-electron chi connectivity index (χ4n) is 2.05. The van der Waals surface area contributed by atoms with Crippen molar-refractivity contribution in [3.05, 3.63) is 66.7 Å². The molecule has 0 amide bonds. The topological polar surface area (TPSA) is 36.8 Å². The number of anilines is 1. The molecule has 0 aromatic heterocycles. The van der Waals surface area contributed by atoms with Crippen LogP contribution in [0.2, 0.25) is 0 Å². The van der Waals surface area contributed by atoms with Crippen LogP contribution in [0.4, 0.5) is 17.1 Å². The van der Waals surface area contributed by atoms with Crippen molar-refractivity contribution in [1.29, 1.82) is 0 Å². The lowest BCUT2D eigenvalue weighted by Gasteiger charge is -2.00. The zero-order chi connectivity index (χ0) is 19.8. The smallest absolute Gasteiger partial charge is 0.0863 e. The zero-order valence-electron chi connectivity index (χ0n) is 17.2. The van der Waals surface area contributed by atoms with Crippen LogP contribution in [0, 0.1) is 0 Å². The van der Waals surface area contributed by atoms with E-state index in [-0.39, 0.29) is 0 Å². The van der Waals surface area contributed by atoms with E-state index < -0.39 is 0 Å². The molecule has 3 aromatic rings. The van der Waals surface area contributed by atoms with Crippen LogP contribution in [0.15, 0.2) is 77.0 Å². The summed E-state index contributed by atoms with van der Waals surface area (Å²) in [5, 5.41) is 14.0. The average molecular weight is 352 g/mol. The summed E-state index contributed by atoms with van der Waals surface area (Å²) in [5.74, 6) is 0. The van der Waals surface area contributed by atoms with Gasteiger partial charge in [0.05, 0.1) is 11.4 Å². The first-order chi connectivity index (χ1) is 12.8. The molecule has 0 saturated carbocycles. The first-order valence-electron chi connectivity index (χ1n) is 9.53. The van der Waals surface area contributed by atoms with Gasteiger partial charge in [0, 0.05) is 12.7 Å². The van der Waals surface area contributed by atoms with Gasteiger partial charge in [-0.05, 0) is 47.2 Å². The molecule has 26 heavy (non-hydrogen) atoms. The summed E-state index contributed by atoms with van der Waals surface area (Å²) < 4.78 is 0. The lowest BCUT2D eigenvalue weighted by molar-refractivity contribution is 1.23. The van der Waals surface area contributed by atoms with Crippen LogP contribution in [0.1, 0.15) is 41.5 Å². The van der Waals surface area contributed by atoms with Gasteiger partial charge >= 0.3 is 0 Å². The van der Waals surface area contributed by atoms with E-state index in [4.69, 9.17) is 0 Å². The summed E-state index contributed by atoms with van der Waals surface area (Å²) in [6.07, 6.45) is 0. The first kappa shape index (κ1) is 23.3. The first-order valence-corrected chi connectivity index (χ1v) is 9.53. The van der Waals surface area contributed by atoms with Crippen molar-refractivity contribution in [1.82, 2.24) is 0 Å². The van der Waals surface area contributed by atoms with E-state index in [1.807, 2.05) is 97.1 Å². The maximum atomic E-state index is 4.29. The van der Waals surface area contributed by atoms with E-state index in [1.54, 1.807) is 0 Å². The van der Waals surface area contributed by atoms with Crippen LogP contribution in [0.3, 0.4) is 0 Å². The summed E-state index contributed by atoms with van der Waals surface area (Å²) in [6, 6.07) is 22.2. The van der Waals surface area contributed by atoms with Gasteiger partial charge in [-0.15, -0.1) is 0 Å². The number of rotatable bonds is 3. The molecule has 0 spiro atoms. The molecule has 3 nitrogen and oxygen atoms in total. The van der Waals surface area contributed by atoms with Crippen LogP contribution >= 0.6 is 0 Å². The summed E-state index contributed by atoms with van der Waals surface area (Å²) in [6.45, 7) is 12.0. The molecule has 0 aliphatic carbocycles. The second-order valence-electron chi connectivity index (χ2n) is 4.53. The number of nitrogens with zero attached hydrogens (tertiary/aromatic N) is 2. The fourth-order valence-corrected chi connectivity index (χ4v) is 2.05. The highest BCUT2D eigenvalue weighted by molar-refractivity contribution is 5.85. The third kappa shape index (κ3) is 7.47. The molecular weight excluding hydrogens is 318 g/mol. The predicted octanol–water partition coefficient (Wildman–Crippen LogP) is 8.38. The van der Waals surface area contributed by atoms with Gasteiger partial charge in [0.1, 0.15) is 0 Å². The highest BCUT2D eigenvalue weighted by atomic mass is 15.1. The average Bonchev–Trinajstić information content (AvgIpc) is 2.76. The molecule has 0 bridgehead atoms. The minimum absolute atomic E-state index is 0.845. The van der Waals surface area contributed by atoms with Gasteiger partial charge in [-0.2, -0.15) is 10.2 Å². The van der Waals surface area contributed by atoms with E-state index in [1.165, 1.54) is 10.8 Å². The Kier molecular flexibility index (Phi) is 13.1.